The topological polar surface area (TPSA) is 50.6 Å². The summed E-state index contributed by atoms with van der Waals surface area (Å²) < 4.78 is 8.34. The molecule has 0 N–H and O–H groups in total. The molecule has 1 aromatic carbocycles. The molecular weight excluding hydrogens is 376 g/mol. The molecule has 5 rings (SSSR count). The van der Waals surface area contributed by atoms with Crippen molar-refractivity contribution in [2.75, 3.05) is 39.3 Å². The first-order valence-electron chi connectivity index (χ1n) is 11.5. The summed E-state index contributed by atoms with van der Waals surface area (Å²) in [6.07, 6.45) is 9.76. The fraction of sp³-hybridized carbons (Fsp3) is 0.583. The number of aromatic nitrogens is 2. The Labute approximate surface area is 178 Å². The van der Waals surface area contributed by atoms with Gasteiger partial charge in [0, 0.05) is 19.3 Å². The first-order chi connectivity index (χ1) is 14.7. The standard InChI is InChI=1S/C24H32N4O2/c29-22(19-26-13-6-1-2-7-14-26)27-15-11-24(12-16-27)23-20(10-17-30-24)18-28(25-23)21-8-4-3-5-9-21/h3-5,8-9,18H,1-2,6-7,10-17,19H2. The third kappa shape index (κ3) is 3.91. The molecule has 30 heavy (non-hydrogen) atoms. The maximum Gasteiger partial charge on any atom is 0.236 e. The molecule has 2 aromatic rings. The van der Waals surface area contributed by atoms with Gasteiger partial charge in [-0.3, -0.25) is 9.69 Å². The van der Waals surface area contributed by atoms with Crippen LogP contribution in [0.3, 0.4) is 0 Å². The third-order valence-corrected chi connectivity index (χ3v) is 6.97. The first-order valence-corrected chi connectivity index (χ1v) is 11.5. The number of benzene rings is 1. The summed E-state index contributed by atoms with van der Waals surface area (Å²) in [7, 11) is 0. The highest BCUT2D eigenvalue weighted by atomic mass is 16.5. The summed E-state index contributed by atoms with van der Waals surface area (Å²) in [6, 6.07) is 10.3. The summed E-state index contributed by atoms with van der Waals surface area (Å²) in [5, 5.41) is 4.95. The Morgan fingerprint density at radius 2 is 1.73 bits per heavy atom. The number of rotatable bonds is 3. The highest BCUT2D eigenvalue weighted by Gasteiger charge is 2.44. The van der Waals surface area contributed by atoms with Gasteiger partial charge in [-0.2, -0.15) is 5.10 Å². The minimum Gasteiger partial charge on any atom is -0.368 e. The average Bonchev–Trinajstić information content (AvgIpc) is 3.07. The van der Waals surface area contributed by atoms with Crippen LogP contribution in [0.2, 0.25) is 0 Å². The van der Waals surface area contributed by atoms with Crippen LogP contribution in [0.4, 0.5) is 0 Å². The van der Waals surface area contributed by atoms with Crippen molar-refractivity contribution in [2.24, 2.45) is 0 Å². The van der Waals surface area contributed by atoms with Crippen molar-refractivity contribution in [3.8, 4) is 5.69 Å². The van der Waals surface area contributed by atoms with E-state index in [0.717, 1.165) is 63.4 Å². The molecule has 2 saturated heterocycles. The first kappa shape index (κ1) is 19.8. The van der Waals surface area contributed by atoms with Gasteiger partial charge < -0.3 is 9.64 Å². The van der Waals surface area contributed by atoms with Gasteiger partial charge in [0.25, 0.3) is 0 Å². The molecule has 6 heteroatoms. The van der Waals surface area contributed by atoms with Crippen molar-refractivity contribution in [3.63, 3.8) is 0 Å². The number of nitrogens with zero attached hydrogens (tertiary/aromatic N) is 4. The van der Waals surface area contributed by atoms with Crippen molar-refractivity contribution in [2.45, 2.75) is 50.5 Å². The van der Waals surface area contributed by atoms with Crippen molar-refractivity contribution in [1.29, 1.82) is 0 Å². The number of hydrogen-bond donors (Lipinski definition) is 0. The number of amides is 1. The van der Waals surface area contributed by atoms with Gasteiger partial charge in [-0.15, -0.1) is 0 Å². The fourth-order valence-corrected chi connectivity index (χ4v) is 5.20. The van der Waals surface area contributed by atoms with Gasteiger partial charge in [0.1, 0.15) is 5.60 Å². The summed E-state index contributed by atoms with van der Waals surface area (Å²) in [5.41, 5.74) is 3.10. The number of hydrogen-bond acceptors (Lipinski definition) is 4. The third-order valence-electron chi connectivity index (χ3n) is 6.97. The van der Waals surface area contributed by atoms with E-state index in [-0.39, 0.29) is 11.5 Å². The van der Waals surface area contributed by atoms with Crippen LogP contribution in [0.1, 0.15) is 49.8 Å². The Kier molecular flexibility index (Phi) is 5.61. The number of ether oxygens (including phenoxy) is 1. The molecule has 0 atom stereocenters. The summed E-state index contributed by atoms with van der Waals surface area (Å²) in [4.78, 5) is 17.3. The largest absolute Gasteiger partial charge is 0.368 e. The molecule has 6 nitrogen and oxygen atoms in total. The lowest BCUT2D eigenvalue weighted by atomic mass is 9.84. The van der Waals surface area contributed by atoms with Crippen molar-refractivity contribution in [3.05, 3.63) is 47.8 Å². The predicted octanol–water partition coefficient (Wildman–Crippen LogP) is 3.14. The number of carbonyl (C=O) groups is 1. The smallest absolute Gasteiger partial charge is 0.236 e. The van der Waals surface area contributed by atoms with Crippen LogP contribution in [0.15, 0.2) is 36.5 Å². The van der Waals surface area contributed by atoms with E-state index in [0.29, 0.717) is 6.54 Å². The molecule has 3 aliphatic heterocycles. The molecule has 0 radical (unpaired) electrons. The zero-order valence-corrected chi connectivity index (χ0v) is 17.8. The van der Waals surface area contributed by atoms with E-state index in [2.05, 4.69) is 23.2 Å². The monoisotopic (exact) mass is 408 g/mol. The number of likely N-dealkylation sites (tertiary alicyclic amines) is 2. The molecular formula is C24H32N4O2. The lowest BCUT2D eigenvalue weighted by molar-refractivity contribution is -0.142. The minimum atomic E-state index is -0.340. The SMILES string of the molecule is O=C(CN1CCCCCC1)N1CCC2(CC1)OCCc1cn(-c3ccccc3)nc12. The lowest BCUT2D eigenvalue weighted by Crippen LogP contribution is -2.50. The van der Waals surface area contributed by atoms with Crippen molar-refractivity contribution < 1.29 is 9.53 Å². The summed E-state index contributed by atoms with van der Waals surface area (Å²) in [5.74, 6) is 0.276. The molecule has 1 amide bonds. The second-order valence-corrected chi connectivity index (χ2v) is 8.95. The molecule has 0 saturated carbocycles. The van der Waals surface area contributed by atoms with Gasteiger partial charge in [0.05, 0.1) is 24.5 Å². The van der Waals surface area contributed by atoms with E-state index in [1.807, 2.05) is 27.8 Å². The van der Waals surface area contributed by atoms with Gasteiger partial charge in [-0.1, -0.05) is 31.0 Å². The zero-order chi connectivity index (χ0) is 20.4. The van der Waals surface area contributed by atoms with Crippen molar-refractivity contribution in [1.82, 2.24) is 19.6 Å². The van der Waals surface area contributed by atoms with Gasteiger partial charge >= 0.3 is 0 Å². The second-order valence-electron chi connectivity index (χ2n) is 8.95. The fourth-order valence-electron chi connectivity index (χ4n) is 5.20. The minimum absolute atomic E-state index is 0.276. The Hall–Kier alpha value is -2.18. The Morgan fingerprint density at radius 3 is 2.47 bits per heavy atom. The Balaban J connectivity index is 1.27. The molecule has 1 spiro atoms. The molecule has 0 bridgehead atoms. The highest BCUT2D eigenvalue weighted by Crippen LogP contribution is 2.41. The van der Waals surface area contributed by atoms with E-state index in [4.69, 9.17) is 9.84 Å². The summed E-state index contributed by atoms with van der Waals surface area (Å²) in [6.45, 7) is 4.94. The van der Waals surface area contributed by atoms with Crippen LogP contribution < -0.4 is 0 Å². The number of fused-ring (bicyclic) bond motifs is 2. The normalized spacial score (nSPS) is 21.9. The second kappa shape index (κ2) is 8.52. The van der Waals surface area contributed by atoms with E-state index in [1.165, 1.54) is 31.2 Å². The average molecular weight is 409 g/mol. The maximum atomic E-state index is 12.9. The predicted molar refractivity (Wildman–Crippen MR) is 116 cm³/mol. The molecule has 1 aromatic heterocycles. The number of carbonyl (C=O) groups excluding carboxylic acids is 1. The Morgan fingerprint density at radius 1 is 1.00 bits per heavy atom. The van der Waals surface area contributed by atoms with E-state index >= 15 is 0 Å². The number of piperidine rings is 1. The van der Waals surface area contributed by atoms with Crippen LogP contribution in [0.5, 0.6) is 0 Å². The molecule has 3 aliphatic rings. The van der Waals surface area contributed by atoms with E-state index in [1.54, 1.807) is 0 Å². The molecule has 0 aliphatic carbocycles. The van der Waals surface area contributed by atoms with Gasteiger partial charge in [-0.25, -0.2) is 4.68 Å². The Bertz CT molecular complexity index is 863. The van der Waals surface area contributed by atoms with Crippen LogP contribution in [-0.2, 0) is 21.6 Å². The zero-order valence-electron chi connectivity index (χ0n) is 17.8. The van der Waals surface area contributed by atoms with Gasteiger partial charge in [0.2, 0.25) is 5.91 Å². The van der Waals surface area contributed by atoms with Crippen LogP contribution in [-0.4, -0.2) is 64.8 Å². The van der Waals surface area contributed by atoms with Crippen LogP contribution >= 0.6 is 0 Å². The molecule has 2 fully saturated rings. The van der Waals surface area contributed by atoms with Gasteiger partial charge in [-0.05, 0) is 62.9 Å². The van der Waals surface area contributed by atoms with E-state index < -0.39 is 0 Å². The molecule has 4 heterocycles. The van der Waals surface area contributed by atoms with Crippen LogP contribution in [0.25, 0.3) is 5.69 Å². The molecule has 160 valence electrons. The maximum absolute atomic E-state index is 12.9. The molecule has 0 unspecified atom stereocenters. The highest BCUT2D eigenvalue weighted by molar-refractivity contribution is 5.78. The number of para-hydroxylation sites is 1. The van der Waals surface area contributed by atoms with E-state index in [9.17, 15) is 4.79 Å². The van der Waals surface area contributed by atoms with Crippen molar-refractivity contribution >= 4 is 5.91 Å². The summed E-state index contributed by atoms with van der Waals surface area (Å²) >= 11 is 0. The van der Waals surface area contributed by atoms with Crippen LogP contribution in [0, 0.1) is 0 Å². The lowest BCUT2D eigenvalue weighted by Gasteiger charge is -2.43. The van der Waals surface area contributed by atoms with Gasteiger partial charge in [0.15, 0.2) is 0 Å². The quantitative estimate of drug-likeness (QED) is 0.783.